The summed E-state index contributed by atoms with van der Waals surface area (Å²) in [6, 6.07) is 7.61. The molecule has 0 radical (unpaired) electrons. The van der Waals surface area contributed by atoms with E-state index in [0.717, 1.165) is 10.0 Å². The number of halogens is 1. The topological polar surface area (TPSA) is 37.4 Å². The number of hydrogen-bond donors (Lipinski definition) is 0. The van der Waals surface area contributed by atoms with Crippen LogP contribution in [0, 0.1) is 0 Å². The highest BCUT2D eigenvalue weighted by Crippen LogP contribution is 2.18. The molecule has 0 bridgehead atoms. The summed E-state index contributed by atoms with van der Waals surface area (Å²) >= 11 is 3.39. The fourth-order valence-corrected chi connectivity index (χ4v) is 2.37. The second-order valence-electron chi connectivity index (χ2n) is 3.25. The molecule has 15 heavy (non-hydrogen) atoms. The molecule has 0 unspecified atom stereocenters. The molecule has 0 atom stereocenters. The molecular weight excluding hydrogens is 278 g/mol. The number of sulfonamides is 1. The summed E-state index contributed by atoms with van der Waals surface area (Å²) in [5.74, 6) is 0.133. The largest absolute Gasteiger partial charge is 0.213 e. The van der Waals surface area contributed by atoms with Gasteiger partial charge in [-0.1, -0.05) is 34.1 Å². The first-order valence-corrected chi connectivity index (χ1v) is 7.05. The highest BCUT2D eigenvalue weighted by Gasteiger charge is 2.15. The summed E-state index contributed by atoms with van der Waals surface area (Å²) in [6.07, 6.45) is 0. The van der Waals surface area contributed by atoms with Crippen molar-refractivity contribution in [1.29, 1.82) is 0 Å². The van der Waals surface area contributed by atoms with Crippen LogP contribution in [0.1, 0.15) is 12.5 Å². The van der Waals surface area contributed by atoms with Gasteiger partial charge < -0.3 is 0 Å². The first kappa shape index (κ1) is 12.7. The van der Waals surface area contributed by atoms with E-state index in [1.165, 1.54) is 4.31 Å². The summed E-state index contributed by atoms with van der Waals surface area (Å²) in [6.45, 7) is 2.05. The van der Waals surface area contributed by atoms with Crippen molar-refractivity contribution in [2.75, 3.05) is 12.8 Å². The molecule has 0 amide bonds. The van der Waals surface area contributed by atoms with Gasteiger partial charge in [0.05, 0.1) is 5.75 Å². The minimum absolute atomic E-state index is 0.133. The third-order valence-corrected chi connectivity index (χ3v) is 4.77. The summed E-state index contributed by atoms with van der Waals surface area (Å²) in [7, 11) is -1.51. The first-order chi connectivity index (χ1) is 6.97. The maximum atomic E-state index is 11.5. The fourth-order valence-electron chi connectivity index (χ4n) is 1.19. The lowest BCUT2D eigenvalue weighted by Gasteiger charge is -2.16. The molecule has 0 saturated heterocycles. The standard InChI is InChI=1S/C10H14BrNO2S/c1-3-15(13,14)12(2)8-9-6-4-5-7-10(9)11/h4-7H,3,8H2,1-2H3. The Balaban J connectivity index is 2.84. The molecule has 1 rings (SSSR count). The maximum absolute atomic E-state index is 11.5. The van der Waals surface area contributed by atoms with E-state index in [1.807, 2.05) is 24.3 Å². The van der Waals surface area contributed by atoms with E-state index >= 15 is 0 Å². The van der Waals surface area contributed by atoms with Gasteiger partial charge in [-0.15, -0.1) is 0 Å². The quantitative estimate of drug-likeness (QED) is 0.853. The van der Waals surface area contributed by atoms with Crippen LogP contribution < -0.4 is 0 Å². The Labute approximate surface area is 99.3 Å². The molecule has 1 aromatic rings. The van der Waals surface area contributed by atoms with Gasteiger partial charge in [0.2, 0.25) is 10.0 Å². The lowest BCUT2D eigenvalue weighted by atomic mass is 10.2. The molecule has 1 aromatic carbocycles. The highest BCUT2D eigenvalue weighted by atomic mass is 79.9. The molecule has 0 N–H and O–H groups in total. The number of benzene rings is 1. The number of nitrogens with zero attached hydrogens (tertiary/aromatic N) is 1. The third kappa shape index (κ3) is 3.29. The SMILES string of the molecule is CCS(=O)(=O)N(C)Cc1ccccc1Br. The van der Waals surface area contributed by atoms with Gasteiger partial charge in [0.25, 0.3) is 0 Å². The predicted molar refractivity (Wildman–Crippen MR) is 65.1 cm³/mol. The van der Waals surface area contributed by atoms with E-state index < -0.39 is 10.0 Å². The van der Waals surface area contributed by atoms with Crippen molar-refractivity contribution >= 4 is 26.0 Å². The predicted octanol–water partition coefficient (Wildman–Crippen LogP) is 2.23. The van der Waals surface area contributed by atoms with Crippen molar-refractivity contribution in [3.05, 3.63) is 34.3 Å². The first-order valence-electron chi connectivity index (χ1n) is 4.65. The molecule has 0 fully saturated rings. The summed E-state index contributed by atoms with van der Waals surface area (Å²) < 4.78 is 25.4. The molecule has 0 aliphatic heterocycles. The summed E-state index contributed by atoms with van der Waals surface area (Å²) in [5.41, 5.74) is 0.969. The van der Waals surface area contributed by atoms with Crippen molar-refractivity contribution in [3.8, 4) is 0 Å². The van der Waals surface area contributed by atoms with Crippen LogP contribution in [0.15, 0.2) is 28.7 Å². The molecule has 0 saturated carbocycles. The number of hydrogen-bond acceptors (Lipinski definition) is 2. The second kappa shape index (κ2) is 5.09. The van der Waals surface area contributed by atoms with Crippen molar-refractivity contribution < 1.29 is 8.42 Å². The average molecular weight is 292 g/mol. The monoisotopic (exact) mass is 291 g/mol. The Bertz CT molecular complexity index is 431. The zero-order chi connectivity index (χ0) is 11.5. The average Bonchev–Trinajstić information content (AvgIpc) is 2.21. The maximum Gasteiger partial charge on any atom is 0.213 e. The Morgan fingerprint density at radius 3 is 2.47 bits per heavy atom. The Morgan fingerprint density at radius 1 is 1.33 bits per heavy atom. The van der Waals surface area contributed by atoms with Crippen molar-refractivity contribution in [2.45, 2.75) is 13.5 Å². The zero-order valence-corrected chi connectivity index (χ0v) is 11.2. The fraction of sp³-hybridized carbons (Fsp3) is 0.400. The molecule has 5 heteroatoms. The van der Waals surface area contributed by atoms with Crippen LogP contribution >= 0.6 is 15.9 Å². The van der Waals surface area contributed by atoms with Crippen LogP contribution in [0.25, 0.3) is 0 Å². The molecule has 84 valence electrons. The van der Waals surface area contributed by atoms with Crippen LogP contribution in [0.3, 0.4) is 0 Å². The van der Waals surface area contributed by atoms with Crippen LogP contribution in [0.5, 0.6) is 0 Å². The van der Waals surface area contributed by atoms with Gasteiger partial charge in [-0.3, -0.25) is 0 Å². The van der Waals surface area contributed by atoms with E-state index in [-0.39, 0.29) is 5.75 Å². The number of rotatable bonds is 4. The Kier molecular flexibility index (Phi) is 4.31. The Hall–Kier alpha value is -0.390. The summed E-state index contributed by atoms with van der Waals surface area (Å²) in [5, 5.41) is 0. The molecular formula is C10H14BrNO2S. The Morgan fingerprint density at radius 2 is 1.93 bits per heavy atom. The van der Waals surface area contributed by atoms with Gasteiger partial charge in [-0.25, -0.2) is 12.7 Å². The van der Waals surface area contributed by atoms with Crippen molar-refractivity contribution in [3.63, 3.8) is 0 Å². The lowest BCUT2D eigenvalue weighted by molar-refractivity contribution is 0.467. The smallest absolute Gasteiger partial charge is 0.212 e. The highest BCUT2D eigenvalue weighted by molar-refractivity contribution is 9.10. The van der Waals surface area contributed by atoms with E-state index in [4.69, 9.17) is 0 Å². The van der Waals surface area contributed by atoms with E-state index in [0.29, 0.717) is 6.54 Å². The zero-order valence-electron chi connectivity index (χ0n) is 8.77. The van der Waals surface area contributed by atoms with Gasteiger partial charge in [0.15, 0.2) is 0 Å². The molecule has 0 spiro atoms. The van der Waals surface area contributed by atoms with E-state index in [9.17, 15) is 8.42 Å². The van der Waals surface area contributed by atoms with Gasteiger partial charge >= 0.3 is 0 Å². The van der Waals surface area contributed by atoms with Crippen LogP contribution in [0.4, 0.5) is 0 Å². The molecule has 3 nitrogen and oxygen atoms in total. The van der Waals surface area contributed by atoms with E-state index in [2.05, 4.69) is 15.9 Å². The normalized spacial score (nSPS) is 12.0. The molecule has 0 aliphatic rings. The van der Waals surface area contributed by atoms with Gasteiger partial charge in [-0.2, -0.15) is 0 Å². The van der Waals surface area contributed by atoms with Crippen LogP contribution in [0.2, 0.25) is 0 Å². The van der Waals surface area contributed by atoms with Gasteiger partial charge in [0, 0.05) is 18.1 Å². The summed E-state index contributed by atoms with van der Waals surface area (Å²) in [4.78, 5) is 0. The van der Waals surface area contributed by atoms with Crippen molar-refractivity contribution in [1.82, 2.24) is 4.31 Å². The minimum atomic E-state index is -3.10. The van der Waals surface area contributed by atoms with Crippen LogP contribution in [-0.2, 0) is 16.6 Å². The third-order valence-electron chi connectivity index (χ3n) is 2.19. The molecule has 0 aliphatic carbocycles. The minimum Gasteiger partial charge on any atom is -0.212 e. The molecule has 0 aromatic heterocycles. The van der Waals surface area contributed by atoms with Gasteiger partial charge in [-0.05, 0) is 18.6 Å². The second-order valence-corrected chi connectivity index (χ2v) is 6.47. The van der Waals surface area contributed by atoms with Crippen molar-refractivity contribution in [2.24, 2.45) is 0 Å². The molecule has 0 heterocycles. The lowest BCUT2D eigenvalue weighted by Crippen LogP contribution is -2.27. The van der Waals surface area contributed by atoms with E-state index in [1.54, 1.807) is 14.0 Å². The van der Waals surface area contributed by atoms with Crippen LogP contribution in [-0.4, -0.2) is 25.5 Å². The van der Waals surface area contributed by atoms with Gasteiger partial charge in [0.1, 0.15) is 0 Å².